The van der Waals surface area contributed by atoms with Crippen LogP contribution in [0.3, 0.4) is 0 Å². The Kier molecular flexibility index (Phi) is 6.99. The number of nitrogens with one attached hydrogen (secondary N) is 2. The molecule has 0 aliphatic heterocycles. The summed E-state index contributed by atoms with van der Waals surface area (Å²) in [6.45, 7) is 3.67. The van der Waals surface area contributed by atoms with Crippen molar-refractivity contribution in [2.45, 2.75) is 19.9 Å². The highest BCUT2D eigenvalue weighted by molar-refractivity contribution is 6.02. The molecule has 0 fully saturated rings. The summed E-state index contributed by atoms with van der Waals surface area (Å²) in [6.07, 6.45) is 0. The van der Waals surface area contributed by atoms with Crippen LogP contribution in [0.5, 0.6) is 11.5 Å². The van der Waals surface area contributed by atoms with Crippen molar-refractivity contribution < 1.29 is 19.1 Å². The highest BCUT2D eigenvalue weighted by atomic mass is 16.5. The molecule has 2 amide bonds. The molecule has 0 aromatic heterocycles. The van der Waals surface area contributed by atoms with E-state index in [1.807, 2.05) is 19.9 Å². The minimum atomic E-state index is -0.773. The highest BCUT2D eigenvalue weighted by Crippen LogP contribution is 2.25. The Labute approximate surface area is 164 Å². The van der Waals surface area contributed by atoms with E-state index in [0.29, 0.717) is 28.3 Å². The Hall–Kier alpha value is -3.53. The van der Waals surface area contributed by atoms with E-state index >= 15 is 0 Å². The number of nitriles is 1. The topological polar surface area (TPSA) is 100 Å². The predicted molar refractivity (Wildman–Crippen MR) is 105 cm³/mol. The predicted octanol–water partition coefficient (Wildman–Crippen LogP) is 2.97. The van der Waals surface area contributed by atoms with Gasteiger partial charge in [-0.3, -0.25) is 9.59 Å². The fourth-order valence-corrected chi connectivity index (χ4v) is 2.59. The maximum Gasteiger partial charge on any atom is 0.251 e. The molecule has 0 spiro atoms. The molecule has 2 N–H and O–H groups in total. The first-order valence-electron chi connectivity index (χ1n) is 8.73. The van der Waals surface area contributed by atoms with Crippen LogP contribution >= 0.6 is 0 Å². The van der Waals surface area contributed by atoms with Crippen LogP contribution in [-0.2, 0) is 4.79 Å². The molecule has 0 aliphatic carbocycles. The van der Waals surface area contributed by atoms with Crippen molar-refractivity contribution in [3.63, 3.8) is 0 Å². The average molecular weight is 381 g/mol. The Morgan fingerprint density at radius 2 is 1.71 bits per heavy atom. The third-order valence-electron chi connectivity index (χ3n) is 4.17. The molecular formula is C21H23N3O4. The van der Waals surface area contributed by atoms with Crippen LogP contribution in [0.25, 0.3) is 0 Å². The lowest BCUT2D eigenvalue weighted by Gasteiger charge is -2.22. The SMILES string of the molecule is COc1ccc(C(=O)NC(C(=O)Nc2cc(C#N)ccc2OC)C(C)C)cc1. The van der Waals surface area contributed by atoms with E-state index in [2.05, 4.69) is 10.6 Å². The van der Waals surface area contributed by atoms with Gasteiger partial charge in [-0.2, -0.15) is 5.26 Å². The number of carbonyl (C=O) groups excluding carboxylic acids is 2. The summed E-state index contributed by atoms with van der Waals surface area (Å²) < 4.78 is 10.3. The van der Waals surface area contributed by atoms with Crippen molar-refractivity contribution in [1.29, 1.82) is 5.26 Å². The molecule has 2 aromatic rings. The first-order chi connectivity index (χ1) is 13.4. The largest absolute Gasteiger partial charge is 0.497 e. The second-order valence-electron chi connectivity index (χ2n) is 6.44. The molecule has 0 bridgehead atoms. The minimum Gasteiger partial charge on any atom is -0.497 e. The zero-order valence-electron chi connectivity index (χ0n) is 16.3. The van der Waals surface area contributed by atoms with Gasteiger partial charge in [-0.1, -0.05) is 13.8 Å². The minimum absolute atomic E-state index is 0.160. The third kappa shape index (κ3) is 5.01. The first kappa shape index (κ1) is 20.8. The summed E-state index contributed by atoms with van der Waals surface area (Å²) in [5, 5.41) is 14.6. The molecule has 146 valence electrons. The molecule has 1 atom stereocenters. The van der Waals surface area contributed by atoms with Gasteiger partial charge in [0.15, 0.2) is 0 Å². The zero-order valence-corrected chi connectivity index (χ0v) is 16.3. The molecular weight excluding hydrogens is 358 g/mol. The van der Waals surface area contributed by atoms with Crippen LogP contribution in [0.1, 0.15) is 29.8 Å². The maximum atomic E-state index is 12.8. The Morgan fingerprint density at radius 3 is 2.25 bits per heavy atom. The van der Waals surface area contributed by atoms with Crippen molar-refractivity contribution in [1.82, 2.24) is 5.32 Å². The number of ether oxygens (including phenoxy) is 2. The number of hydrogen-bond donors (Lipinski definition) is 2. The number of methoxy groups -OCH3 is 2. The monoisotopic (exact) mass is 381 g/mol. The lowest BCUT2D eigenvalue weighted by Crippen LogP contribution is -2.47. The number of benzene rings is 2. The second kappa shape index (κ2) is 9.42. The average Bonchev–Trinajstić information content (AvgIpc) is 2.71. The number of hydrogen-bond acceptors (Lipinski definition) is 5. The van der Waals surface area contributed by atoms with E-state index in [9.17, 15) is 9.59 Å². The molecule has 7 heteroatoms. The van der Waals surface area contributed by atoms with Crippen LogP contribution in [0.15, 0.2) is 42.5 Å². The lowest BCUT2D eigenvalue weighted by atomic mass is 10.0. The Bertz CT molecular complexity index is 886. The Balaban J connectivity index is 2.18. The molecule has 0 aliphatic rings. The van der Waals surface area contributed by atoms with Crippen LogP contribution in [0.2, 0.25) is 0 Å². The van der Waals surface area contributed by atoms with Crippen molar-refractivity contribution in [3.8, 4) is 17.6 Å². The summed E-state index contributed by atoms with van der Waals surface area (Å²) >= 11 is 0. The van der Waals surface area contributed by atoms with Gasteiger partial charge >= 0.3 is 0 Å². The van der Waals surface area contributed by atoms with Gasteiger partial charge in [0.05, 0.1) is 31.5 Å². The molecule has 2 rings (SSSR count). The quantitative estimate of drug-likeness (QED) is 0.768. The van der Waals surface area contributed by atoms with E-state index in [0.717, 1.165) is 0 Å². The van der Waals surface area contributed by atoms with Crippen LogP contribution in [0, 0.1) is 17.2 Å². The first-order valence-corrected chi connectivity index (χ1v) is 8.73. The van der Waals surface area contributed by atoms with E-state index in [1.165, 1.54) is 13.2 Å². The molecule has 2 aromatic carbocycles. The number of amides is 2. The molecule has 0 heterocycles. The molecule has 0 saturated carbocycles. The second-order valence-corrected chi connectivity index (χ2v) is 6.44. The van der Waals surface area contributed by atoms with Crippen molar-refractivity contribution in [2.24, 2.45) is 5.92 Å². The Morgan fingerprint density at radius 1 is 1.04 bits per heavy atom. The van der Waals surface area contributed by atoms with E-state index in [-0.39, 0.29) is 11.8 Å². The van der Waals surface area contributed by atoms with E-state index < -0.39 is 11.9 Å². The summed E-state index contributed by atoms with van der Waals surface area (Å²) in [6, 6.07) is 12.6. The van der Waals surface area contributed by atoms with Gasteiger partial charge in [0, 0.05) is 5.56 Å². The van der Waals surface area contributed by atoms with Gasteiger partial charge in [0.2, 0.25) is 5.91 Å². The molecule has 28 heavy (non-hydrogen) atoms. The van der Waals surface area contributed by atoms with Gasteiger partial charge in [0.1, 0.15) is 17.5 Å². The lowest BCUT2D eigenvalue weighted by molar-refractivity contribution is -0.118. The van der Waals surface area contributed by atoms with Gasteiger partial charge in [0.25, 0.3) is 5.91 Å². The number of nitrogens with zero attached hydrogens (tertiary/aromatic N) is 1. The highest BCUT2D eigenvalue weighted by Gasteiger charge is 2.25. The van der Waals surface area contributed by atoms with Crippen LogP contribution in [0.4, 0.5) is 5.69 Å². The summed E-state index contributed by atoms with van der Waals surface area (Å²) in [5.41, 5.74) is 1.18. The van der Waals surface area contributed by atoms with Crippen molar-refractivity contribution >= 4 is 17.5 Å². The van der Waals surface area contributed by atoms with E-state index in [1.54, 1.807) is 43.5 Å². The van der Waals surface area contributed by atoms with Gasteiger partial charge in [-0.25, -0.2) is 0 Å². The zero-order chi connectivity index (χ0) is 20.7. The maximum absolute atomic E-state index is 12.8. The van der Waals surface area contributed by atoms with Crippen LogP contribution < -0.4 is 20.1 Å². The molecule has 0 saturated heterocycles. The summed E-state index contributed by atoms with van der Waals surface area (Å²) in [7, 11) is 3.02. The van der Waals surface area contributed by atoms with Gasteiger partial charge in [-0.05, 0) is 48.4 Å². The summed E-state index contributed by atoms with van der Waals surface area (Å²) in [5.74, 6) is 0.141. The third-order valence-corrected chi connectivity index (χ3v) is 4.17. The standard InChI is InChI=1S/C21H23N3O4/c1-13(2)19(24-20(25)15-6-8-16(27-3)9-7-15)21(26)23-17-11-14(12-22)5-10-18(17)28-4/h5-11,13,19H,1-4H3,(H,23,26)(H,24,25). The normalized spacial score (nSPS) is 11.3. The number of anilines is 1. The fourth-order valence-electron chi connectivity index (χ4n) is 2.59. The van der Waals surface area contributed by atoms with Crippen molar-refractivity contribution in [2.75, 3.05) is 19.5 Å². The fraction of sp³-hybridized carbons (Fsp3) is 0.286. The van der Waals surface area contributed by atoms with Gasteiger partial charge < -0.3 is 20.1 Å². The van der Waals surface area contributed by atoms with Crippen LogP contribution in [-0.4, -0.2) is 32.1 Å². The molecule has 1 unspecified atom stereocenters. The molecule has 7 nitrogen and oxygen atoms in total. The molecule has 0 radical (unpaired) electrons. The summed E-state index contributed by atoms with van der Waals surface area (Å²) in [4.78, 5) is 25.3. The number of carbonyl (C=O) groups is 2. The number of rotatable bonds is 7. The van der Waals surface area contributed by atoms with Crippen molar-refractivity contribution in [3.05, 3.63) is 53.6 Å². The van der Waals surface area contributed by atoms with E-state index in [4.69, 9.17) is 14.7 Å². The smallest absolute Gasteiger partial charge is 0.251 e. The van der Waals surface area contributed by atoms with Gasteiger partial charge in [-0.15, -0.1) is 0 Å².